The van der Waals surface area contributed by atoms with E-state index in [1.165, 1.54) is 6.33 Å². The Bertz CT molecular complexity index is 630. The molecule has 2 aromatic rings. The summed E-state index contributed by atoms with van der Waals surface area (Å²) in [5, 5.41) is 5.78. The summed E-state index contributed by atoms with van der Waals surface area (Å²) < 4.78 is 0.895. The van der Waals surface area contributed by atoms with E-state index in [9.17, 15) is 4.79 Å². The molecular formula is C14H13BrN4O. The van der Waals surface area contributed by atoms with Crippen molar-refractivity contribution < 1.29 is 4.79 Å². The van der Waals surface area contributed by atoms with Crippen molar-refractivity contribution in [2.75, 3.05) is 17.2 Å². The molecular weight excluding hydrogens is 320 g/mol. The van der Waals surface area contributed by atoms with Crippen LogP contribution in [0.4, 0.5) is 11.5 Å². The van der Waals surface area contributed by atoms with Crippen LogP contribution in [0.25, 0.3) is 0 Å². The monoisotopic (exact) mass is 332 g/mol. The molecule has 2 rings (SSSR count). The molecule has 0 saturated carbocycles. The van der Waals surface area contributed by atoms with Gasteiger partial charge in [-0.25, -0.2) is 9.97 Å². The van der Waals surface area contributed by atoms with Crippen molar-refractivity contribution in [1.29, 1.82) is 0 Å². The van der Waals surface area contributed by atoms with Gasteiger partial charge in [0.25, 0.3) is 5.91 Å². The number of aromatic nitrogens is 2. The molecule has 1 amide bonds. The summed E-state index contributed by atoms with van der Waals surface area (Å²) in [7, 11) is 0. The molecule has 102 valence electrons. The summed E-state index contributed by atoms with van der Waals surface area (Å²) in [6.45, 7) is 4.18. The van der Waals surface area contributed by atoms with Gasteiger partial charge >= 0.3 is 0 Å². The van der Waals surface area contributed by atoms with E-state index < -0.39 is 0 Å². The van der Waals surface area contributed by atoms with Gasteiger partial charge < -0.3 is 10.6 Å². The summed E-state index contributed by atoms with van der Waals surface area (Å²) in [4.78, 5) is 20.1. The van der Waals surface area contributed by atoms with E-state index in [2.05, 4.69) is 43.1 Å². The number of amides is 1. The SMILES string of the molecule is C=CCNc1cc(C(=O)Nc2cccc(Br)c2)ncn1. The Balaban J connectivity index is 2.10. The van der Waals surface area contributed by atoms with Crippen LogP contribution in [-0.2, 0) is 0 Å². The quantitative estimate of drug-likeness (QED) is 0.825. The number of hydrogen-bond donors (Lipinski definition) is 2. The van der Waals surface area contributed by atoms with Gasteiger partial charge in [-0.2, -0.15) is 0 Å². The summed E-state index contributed by atoms with van der Waals surface area (Å²) >= 11 is 3.35. The molecule has 6 heteroatoms. The van der Waals surface area contributed by atoms with E-state index in [0.717, 1.165) is 4.47 Å². The number of rotatable bonds is 5. The molecule has 0 aliphatic rings. The van der Waals surface area contributed by atoms with Crippen molar-refractivity contribution in [1.82, 2.24) is 9.97 Å². The van der Waals surface area contributed by atoms with Gasteiger partial charge in [0, 0.05) is 22.8 Å². The average molecular weight is 333 g/mol. The second-order valence-electron chi connectivity index (χ2n) is 3.92. The third-order valence-electron chi connectivity index (χ3n) is 2.41. The topological polar surface area (TPSA) is 66.9 Å². The highest BCUT2D eigenvalue weighted by Crippen LogP contribution is 2.16. The fourth-order valence-corrected chi connectivity index (χ4v) is 1.92. The first-order valence-electron chi connectivity index (χ1n) is 5.93. The Morgan fingerprint density at radius 2 is 2.20 bits per heavy atom. The lowest BCUT2D eigenvalue weighted by atomic mass is 10.3. The molecule has 0 atom stereocenters. The van der Waals surface area contributed by atoms with Crippen molar-refractivity contribution in [3.8, 4) is 0 Å². The minimum absolute atomic E-state index is 0.285. The van der Waals surface area contributed by atoms with Crippen molar-refractivity contribution in [2.45, 2.75) is 0 Å². The van der Waals surface area contributed by atoms with Crippen LogP contribution in [0.15, 0.2) is 53.8 Å². The normalized spacial score (nSPS) is 9.85. The van der Waals surface area contributed by atoms with Gasteiger partial charge in [-0.1, -0.05) is 28.1 Å². The summed E-state index contributed by atoms with van der Waals surface area (Å²) in [5.41, 5.74) is 0.995. The molecule has 1 heterocycles. The van der Waals surface area contributed by atoms with Crippen molar-refractivity contribution in [2.24, 2.45) is 0 Å². The summed E-state index contributed by atoms with van der Waals surface area (Å²) in [5.74, 6) is 0.298. The molecule has 2 N–H and O–H groups in total. The van der Waals surface area contributed by atoms with Crippen molar-refractivity contribution in [3.05, 3.63) is 59.5 Å². The molecule has 1 aromatic carbocycles. The molecule has 0 spiro atoms. The standard InChI is InChI=1S/C14H13BrN4O/c1-2-6-16-13-8-12(17-9-18-13)14(20)19-11-5-3-4-10(15)7-11/h2-5,7-9H,1,6H2,(H,19,20)(H,16,17,18). The molecule has 0 saturated heterocycles. The number of carbonyl (C=O) groups is 1. The number of benzene rings is 1. The van der Waals surface area contributed by atoms with Crippen LogP contribution in [0, 0.1) is 0 Å². The van der Waals surface area contributed by atoms with Gasteiger partial charge in [0.2, 0.25) is 0 Å². The van der Waals surface area contributed by atoms with E-state index in [1.807, 2.05) is 18.2 Å². The third kappa shape index (κ3) is 3.89. The first-order valence-corrected chi connectivity index (χ1v) is 6.72. The zero-order valence-corrected chi connectivity index (χ0v) is 12.2. The predicted octanol–water partition coefficient (Wildman–Crippen LogP) is 3.09. The maximum absolute atomic E-state index is 12.1. The first kappa shape index (κ1) is 14.2. The highest BCUT2D eigenvalue weighted by molar-refractivity contribution is 9.10. The lowest BCUT2D eigenvalue weighted by Crippen LogP contribution is -2.14. The van der Waals surface area contributed by atoms with Gasteiger partial charge in [0.05, 0.1) is 0 Å². The maximum Gasteiger partial charge on any atom is 0.274 e. The highest BCUT2D eigenvalue weighted by Gasteiger charge is 2.09. The van der Waals surface area contributed by atoms with Crippen LogP contribution in [-0.4, -0.2) is 22.4 Å². The zero-order valence-electron chi connectivity index (χ0n) is 10.6. The lowest BCUT2D eigenvalue weighted by molar-refractivity contribution is 0.102. The molecule has 5 nitrogen and oxygen atoms in total. The Kier molecular flexibility index (Phi) is 4.84. The fraction of sp³-hybridized carbons (Fsp3) is 0.0714. The number of hydrogen-bond acceptors (Lipinski definition) is 4. The van der Waals surface area contributed by atoms with E-state index in [4.69, 9.17) is 0 Å². The number of nitrogens with zero attached hydrogens (tertiary/aromatic N) is 2. The Morgan fingerprint density at radius 1 is 1.35 bits per heavy atom. The molecule has 20 heavy (non-hydrogen) atoms. The maximum atomic E-state index is 12.1. The van der Waals surface area contributed by atoms with E-state index in [0.29, 0.717) is 23.7 Å². The van der Waals surface area contributed by atoms with Crippen molar-refractivity contribution in [3.63, 3.8) is 0 Å². The summed E-state index contributed by atoms with van der Waals surface area (Å²) in [6.07, 6.45) is 3.06. The third-order valence-corrected chi connectivity index (χ3v) is 2.90. The van der Waals surface area contributed by atoms with Crippen molar-refractivity contribution >= 4 is 33.3 Å². The van der Waals surface area contributed by atoms with Gasteiger partial charge in [-0.05, 0) is 18.2 Å². The smallest absolute Gasteiger partial charge is 0.274 e. The molecule has 0 fully saturated rings. The Hall–Kier alpha value is -2.21. The van der Waals surface area contributed by atoms with E-state index >= 15 is 0 Å². The predicted molar refractivity (Wildman–Crippen MR) is 82.8 cm³/mol. The van der Waals surface area contributed by atoms with Crippen LogP contribution in [0.1, 0.15) is 10.5 Å². The molecule has 1 aromatic heterocycles. The van der Waals surface area contributed by atoms with E-state index in [1.54, 1.807) is 18.2 Å². The number of nitrogens with one attached hydrogen (secondary N) is 2. The minimum atomic E-state index is -0.285. The zero-order chi connectivity index (χ0) is 14.4. The second-order valence-corrected chi connectivity index (χ2v) is 4.84. The largest absolute Gasteiger partial charge is 0.366 e. The van der Waals surface area contributed by atoms with Crippen LogP contribution in [0.5, 0.6) is 0 Å². The molecule has 0 unspecified atom stereocenters. The Labute approximate surface area is 125 Å². The van der Waals surface area contributed by atoms with Crippen LogP contribution < -0.4 is 10.6 Å². The second kappa shape index (κ2) is 6.81. The number of anilines is 2. The fourth-order valence-electron chi connectivity index (χ4n) is 1.52. The van der Waals surface area contributed by atoms with E-state index in [-0.39, 0.29) is 5.91 Å². The van der Waals surface area contributed by atoms with Crippen LogP contribution in [0.2, 0.25) is 0 Å². The highest BCUT2D eigenvalue weighted by atomic mass is 79.9. The number of halogens is 1. The van der Waals surface area contributed by atoms with Gasteiger partial charge in [-0.15, -0.1) is 6.58 Å². The van der Waals surface area contributed by atoms with Gasteiger partial charge in [0.15, 0.2) is 0 Å². The number of carbonyl (C=O) groups excluding carboxylic acids is 1. The van der Waals surface area contributed by atoms with Gasteiger partial charge in [0.1, 0.15) is 17.8 Å². The Morgan fingerprint density at radius 3 is 2.95 bits per heavy atom. The molecule has 0 aliphatic heterocycles. The van der Waals surface area contributed by atoms with Gasteiger partial charge in [-0.3, -0.25) is 4.79 Å². The summed E-state index contributed by atoms with van der Waals surface area (Å²) in [6, 6.07) is 8.95. The van der Waals surface area contributed by atoms with Crippen LogP contribution in [0.3, 0.4) is 0 Å². The minimum Gasteiger partial charge on any atom is -0.366 e. The average Bonchev–Trinajstić information content (AvgIpc) is 2.45. The molecule has 0 aliphatic carbocycles. The van der Waals surface area contributed by atoms with Crippen LogP contribution >= 0.6 is 15.9 Å². The lowest BCUT2D eigenvalue weighted by Gasteiger charge is -2.06. The molecule has 0 radical (unpaired) electrons. The molecule has 0 bridgehead atoms. The first-order chi connectivity index (χ1) is 9.69.